The number of nitrogens with zero attached hydrogens (tertiary/aromatic N) is 7. The normalized spacial score (nSPS) is 14.2. The molecule has 0 saturated heterocycles. The number of tetrazole rings is 1. The van der Waals surface area contributed by atoms with Gasteiger partial charge in [0, 0.05) is 40.7 Å². The lowest BCUT2D eigenvalue weighted by Crippen LogP contribution is -2.32. The van der Waals surface area contributed by atoms with Crippen molar-refractivity contribution < 1.29 is 14.6 Å². The van der Waals surface area contributed by atoms with E-state index in [2.05, 4.69) is 25.5 Å². The fourth-order valence-corrected chi connectivity index (χ4v) is 5.70. The van der Waals surface area contributed by atoms with Gasteiger partial charge in [-0.15, -0.1) is 5.10 Å². The van der Waals surface area contributed by atoms with Crippen LogP contribution in [0, 0.1) is 0 Å². The molecular formula is C28H24Cl2N8O4. The van der Waals surface area contributed by atoms with E-state index in [1.807, 2.05) is 6.07 Å². The van der Waals surface area contributed by atoms with Gasteiger partial charge in [0.05, 0.1) is 30.6 Å². The van der Waals surface area contributed by atoms with Crippen molar-refractivity contribution in [3.8, 4) is 28.2 Å². The maximum atomic E-state index is 13.5. The Kier molecular flexibility index (Phi) is 7.50. The Morgan fingerprint density at radius 2 is 1.95 bits per heavy atom. The number of H-pyrrole nitrogens is 1. The standard InChI is InChI=1S/C28H24Cl2N8O4/c1-42-11-10-36(28(40)41)19-5-2-16(3-6-19)27-32-25(26(30)33-27)23-9-7-20-12-17(13-24(39)38(20)23)21-14-18(29)4-8-22(21)37-15-31-34-35-37/h2-6,8,12-15,23H,7,9-11H2,1H3,(H,32,33)(H,40,41)/t23-/m0/s1. The lowest BCUT2D eigenvalue weighted by molar-refractivity contribution is 0.186. The number of imidazole rings is 1. The number of nitrogens with one attached hydrogen (secondary N) is 1. The fraction of sp³-hybridized carbons (Fsp3) is 0.214. The molecule has 214 valence electrons. The zero-order chi connectivity index (χ0) is 29.4. The molecule has 5 aromatic rings. The summed E-state index contributed by atoms with van der Waals surface area (Å²) in [6, 6.07) is 15.5. The van der Waals surface area contributed by atoms with Gasteiger partial charge >= 0.3 is 6.09 Å². The van der Waals surface area contributed by atoms with Gasteiger partial charge in [0.15, 0.2) is 5.15 Å². The molecule has 0 unspecified atom stereocenters. The highest BCUT2D eigenvalue weighted by Crippen LogP contribution is 2.37. The second-order valence-corrected chi connectivity index (χ2v) is 10.5. The summed E-state index contributed by atoms with van der Waals surface area (Å²) in [5.74, 6) is 0.517. The zero-order valence-electron chi connectivity index (χ0n) is 22.2. The summed E-state index contributed by atoms with van der Waals surface area (Å²) >= 11 is 12.9. The molecule has 3 aromatic heterocycles. The van der Waals surface area contributed by atoms with Crippen LogP contribution in [0.2, 0.25) is 10.2 Å². The number of aromatic amines is 1. The second-order valence-electron chi connectivity index (χ2n) is 9.68. The van der Waals surface area contributed by atoms with Crippen molar-refractivity contribution in [2.45, 2.75) is 18.9 Å². The molecule has 4 heterocycles. The lowest BCUT2D eigenvalue weighted by Gasteiger charge is -2.19. The van der Waals surface area contributed by atoms with Crippen LogP contribution in [0.3, 0.4) is 0 Å². The Labute approximate surface area is 249 Å². The number of hydrogen-bond acceptors (Lipinski definition) is 7. The van der Waals surface area contributed by atoms with Gasteiger partial charge in [-0.25, -0.2) is 9.78 Å². The van der Waals surface area contributed by atoms with E-state index in [-0.39, 0.29) is 29.9 Å². The Morgan fingerprint density at radius 1 is 1.14 bits per heavy atom. The van der Waals surface area contributed by atoms with Gasteiger partial charge in [-0.3, -0.25) is 9.69 Å². The summed E-state index contributed by atoms with van der Waals surface area (Å²) < 4.78 is 8.28. The number of aromatic nitrogens is 7. The first kappa shape index (κ1) is 27.6. The number of aryl methyl sites for hydroxylation is 1. The Hall–Kier alpha value is -4.52. The number of anilines is 1. The Balaban J connectivity index is 1.31. The van der Waals surface area contributed by atoms with E-state index in [0.717, 1.165) is 16.8 Å². The van der Waals surface area contributed by atoms with Gasteiger partial charge in [-0.2, -0.15) is 4.68 Å². The first-order chi connectivity index (χ1) is 20.3. The summed E-state index contributed by atoms with van der Waals surface area (Å²) in [4.78, 5) is 34.2. The molecule has 42 heavy (non-hydrogen) atoms. The number of carboxylic acid groups (broad SMARTS) is 1. The van der Waals surface area contributed by atoms with Crippen LogP contribution in [0.5, 0.6) is 0 Å². The van der Waals surface area contributed by atoms with Crippen LogP contribution in [0.15, 0.2) is 65.7 Å². The maximum absolute atomic E-state index is 13.5. The van der Waals surface area contributed by atoms with Crippen LogP contribution in [0.25, 0.3) is 28.2 Å². The van der Waals surface area contributed by atoms with E-state index in [0.29, 0.717) is 46.3 Å². The van der Waals surface area contributed by atoms with Gasteiger partial charge in [-0.05, 0) is 77.4 Å². The van der Waals surface area contributed by atoms with E-state index in [9.17, 15) is 14.7 Å². The molecule has 0 aliphatic carbocycles. The average Bonchev–Trinajstić information content (AvgIpc) is 3.74. The van der Waals surface area contributed by atoms with E-state index in [4.69, 9.17) is 27.9 Å². The van der Waals surface area contributed by atoms with Crippen LogP contribution in [0.1, 0.15) is 23.9 Å². The van der Waals surface area contributed by atoms with Gasteiger partial charge in [0.2, 0.25) is 0 Å². The number of benzene rings is 2. The van der Waals surface area contributed by atoms with E-state index in [1.165, 1.54) is 23.0 Å². The van der Waals surface area contributed by atoms with Gasteiger partial charge in [-0.1, -0.05) is 23.2 Å². The fourth-order valence-electron chi connectivity index (χ4n) is 5.27. The number of pyridine rings is 1. The molecule has 0 bridgehead atoms. The number of fused-ring (bicyclic) bond motifs is 1. The van der Waals surface area contributed by atoms with E-state index < -0.39 is 6.09 Å². The monoisotopic (exact) mass is 606 g/mol. The molecule has 1 aliphatic rings. The predicted octanol–water partition coefficient (Wildman–Crippen LogP) is 4.85. The molecule has 1 aliphatic heterocycles. The van der Waals surface area contributed by atoms with Crippen molar-refractivity contribution in [3.63, 3.8) is 0 Å². The molecule has 1 amide bonds. The third-order valence-corrected chi connectivity index (χ3v) is 7.74. The maximum Gasteiger partial charge on any atom is 0.411 e. The SMILES string of the molecule is COCCN(C(=O)O)c1ccc(-c2nc(Cl)c([C@@H]3CCc4cc(-c5cc(Cl)ccc5-n5cnnn5)cc(=O)n43)[nH]2)cc1. The quantitative estimate of drug-likeness (QED) is 0.255. The highest BCUT2D eigenvalue weighted by Gasteiger charge is 2.30. The topological polar surface area (TPSA) is 144 Å². The lowest BCUT2D eigenvalue weighted by atomic mass is 10.0. The first-order valence-corrected chi connectivity index (χ1v) is 13.7. The van der Waals surface area contributed by atoms with Crippen LogP contribution >= 0.6 is 23.2 Å². The Bertz CT molecular complexity index is 1820. The summed E-state index contributed by atoms with van der Waals surface area (Å²) in [5.41, 5.74) is 4.66. The number of methoxy groups -OCH3 is 1. The molecule has 0 spiro atoms. The first-order valence-electron chi connectivity index (χ1n) is 13.0. The van der Waals surface area contributed by atoms with Gasteiger partial charge in [0.25, 0.3) is 5.56 Å². The third-order valence-electron chi connectivity index (χ3n) is 7.22. The molecule has 0 saturated carbocycles. The van der Waals surface area contributed by atoms with E-state index >= 15 is 0 Å². The van der Waals surface area contributed by atoms with Crippen LogP contribution in [-0.4, -0.2) is 66.2 Å². The molecule has 2 N–H and O–H groups in total. The Morgan fingerprint density at radius 3 is 2.67 bits per heavy atom. The number of carbonyl (C=O) groups is 1. The minimum atomic E-state index is -1.07. The van der Waals surface area contributed by atoms with Crippen LogP contribution < -0.4 is 10.5 Å². The van der Waals surface area contributed by atoms with Crippen molar-refractivity contribution in [2.75, 3.05) is 25.2 Å². The number of halogens is 2. The minimum absolute atomic E-state index is 0.186. The number of amides is 1. The molecule has 2 aromatic carbocycles. The van der Waals surface area contributed by atoms with Crippen molar-refractivity contribution in [1.82, 2.24) is 34.7 Å². The summed E-state index contributed by atoms with van der Waals surface area (Å²) in [6.45, 7) is 0.476. The summed E-state index contributed by atoms with van der Waals surface area (Å²) in [7, 11) is 1.52. The van der Waals surface area contributed by atoms with Crippen LogP contribution in [0.4, 0.5) is 10.5 Å². The number of hydrogen-bond donors (Lipinski definition) is 2. The molecule has 0 fully saturated rings. The molecule has 1 atom stereocenters. The number of rotatable bonds is 8. The molecule has 6 rings (SSSR count). The minimum Gasteiger partial charge on any atom is -0.465 e. The molecule has 14 heteroatoms. The summed E-state index contributed by atoms with van der Waals surface area (Å²) in [5, 5.41) is 21.8. The highest BCUT2D eigenvalue weighted by molar-refractivity contribution is 6.31. The number of ether oxygens (including phenoxy) is 1. The van der Waals surface area contributed by atoms with E-state index in [1.54, 1.807) is 53.1 Å². The third kappa shape index (κ3) is 5.15. The smallest absolute Gasteiger partial charge is 0.411 e. The van der Waals surface area contributed by atoms with Crippen molar-refractivity contribution in [3.05, 3.63) is 92.8 Å². The van der Waals surface area contributed by atoms with Gasteiger partial charge < -0.3 is 19.4 Å². The second kappa shape index (κ2) is 11.4. The summed E-state index contributed by atoms with van der Waals surface area (Å²) in [6.07, 6.45) is 1.72. The zero-order valence-corrected chi connectivity index (χ0v) is 23.7. The predicted molar refractivity (Wildman–Crippen MR) is 157 cm³/mol. The van der Waals surface area contributed by atoms with Crippen LogP contribution in [-0.2, 0) is 11.2 Å². The largest absolute Gasteiger partial charge is 0.465 e. The average molecular weight is 607 g/mol. The van der Waals surface area contributed by atoms with Crippen molar-refractivity contribution in [1.29, 1.82) is 0 Å². The van der Waals surface area contributed by atoms with Gasteiger partial charge in [0.1, 0.15) is 12.2 Å². The highest BCUT2D eigenvalue weighted by atomic mass is 35.5. The molecule has 0 radical (unpaired) electrons. The molecule has 12 nitrogen and oxygen atoms in total. The molecular weight excluding hydrogens is 583 g/mol. The van der Waals surface area contributed by atoms with Crippen molar-refractivity contribution >= 4 is 35.0 Å². The van der Waals surface area contributed by atoms with Crippen molar-refractivity contribution in [2.24, 2.45) is 0 Å².